The Hall–Kier alpha value is -2.55. The van der Waals surface area contributed by atoms with Crippen LogP contribution in [0.4, 0.5) is 28.9 Å². The van der Waals surface area contributed by atoms with Gasteiger partial charge in [-0.1, -0.05) is 0 Å². The Labute approximate surface area is 105 Å². The van der Waals surface area contributed by atoms with Crippen molar-refractivity contribution in [3.8, 4) is 6.07 Å². The van der Waals surface area contributed by atoms with Crippen LogP contribution in [0.15, 0.2) is 30.3 Å². The van der Waals surface area contributed by atoms with Gasteiger partial charge in [0.2, 0.25) is 0 Å². The van der Waals surface area contributed by atoms with E-state index in [1.807, 2.05) is 0 Å². The van der Waals surface area contributed by atoms with E-state index in [4.69, 9.17) is 5.26 Å². The van der Waals surface area contributed by atoms with Gasteiger partial charge in [0, 0.05) is 17.8 Å². The number of halogens is 4. The first kappa shape index (κ1) is 12.9. The third-order valence-electron chi connectivity index (χ3n) is 2.32. The van der Waals surface area contributed by atoms with Gasteiger partial charge in [-0.15, -0.1) is 0 Å². The van der Waals surface area contributed by atoms with Crippen molar-refractivity contribution in [2.24, 2.45) is 0 Å². The van der Waals surface area contributed by atoms with Crippen molar-refractivity contribution in [2.45, 2.75) is 0 Å². The molecule has 0 heterocycles. The molecule has 0 amide bonds. The second-order valence-corrected chi connectivity index (χ2v) is 3.71. The second kappa shape index (κ2) is 4.98. The minimum atomic E-state index is -1.32. The molecule has 0 spiro atoms. The van der Waals surface area contributed by atoms with E-state index in [-0.39, 0.29) is 16.9 Å². The smallest absolute Gasteiger partial charge is 0.161 e. The molecule has 0 unspecified atom stereocenters. The zero-order chi connectivity index (χ0) is 14.0. The van der Waals surface area contributed by atoms with E-state index < -0.39 is 23.3 Å². The molecule has 0 radical (unpaired) electrons. The summed E-state index contributed by atoms with van der Waals surface area (Å²) in [6.45, 7) is 0. The minimum Gasteiger partial charge on any atom is -0.353 e. The monoisotopic (exact) mass is 266 g/mol. The van der Waals surface area contributed by atoms with Gasteiger partial charge in [0.1, 0.15) is 11.6 Å². The van der Waals surface area contributed by atoms with Crippen molar-refractivity contribution < 1.29 is 17.6 Å². The molecule has 0 aliphatic carbocycles. The molecule has 2 aromatic carbocycles. The van der Waals surface area contributed by atoms with Gasteiger partial charge in [-0.05, 0) is 18.2 Å². The fraction of sp³-hybridized carbons (Fsp3) is 0. The van der Waals surface area contributed by atoms with E-state index in [2.05, 4.69) is 5.32 Å². The lowest BCUT2D eigenvalue weighted by atomic mass is 10.2. The average Bonchev–Trinajstić information content (AvgIpc) is 2.35. The summed E-state index contributed by atoms with van der Waals surface area (Å²) in [4.78, 5) is 0. The van der Waals surface area contributed by atoms with Crippen molar-refractivity contribution in [1.29, 1.82) is 5.26 Å². The highest BCUT2D eigenvalue weighted by Gasteiger charge is 2.10. The van der Waals surface area contributed by atoms with Crippen LogP contribution in [0.5, 0.6) is 0 Å². The van der Waals surface area contributed by atoms with Crippen molar-refractivity contribution in [2.75, 3.05) is 5.32 Å². The summed E-state index contributed by atoms with van der Waals surface area (Å²) in [6.07, 6.45) is 0. The van der Waals surface area contributed by atoms with Crippen LogP contribution < -0.4 is 5.32 Å². The molecule has 2 nitrogen and oxygen atoms in total. The molecule has 0 aliphatic heterocycles. The topological polar surface area (TPSA) is 35.8 Å². The van der Waals surface area contributed by atoms with Crippen LogP contribution in [-0.2, 0) is 0 Å². The van der Waals surface area contributed by atoms with Crippen LogP contribution in [-0.4, -0.2) is 0 Å². The van der Waals surface area contributed by atoms with E-state index in [1.165, 1.54) is 6.07 Å². The zero-order valence-electron chi connectivity index (χ0n) is 9.35. The van der Waals surface area contributed by atoms with E-state index in [0.717, 1.165) is 12.1 Å². The van der Waals surface area contributed by atoms with Gasteiger partial charge in [0.05, 0.1) is 17.3 Å². The number of nitrogens with zero attached hydrogens (tertiary/aromatic N) is 1. The Balaban J connectivity index is 2.39. The van der Waals surface area contributed by atoms with E-state index in [0.29, 0.717) is 12.1 Å². The van der Waals surface area contributed by atoms with Gasteiger partial charge in [-0.2, -0.15) is 5.26 Å². The first-order valence-corrected chi connectivity index (χ1v) is 5.12. The average molecular weight is 266 g/mol. The molecule has 2 aromatic rings. The van der Waals surface area contributed by atoms with E-state index in [1.54, 1.807) is 6.07 Å². The van der Waals surface area contributed by atoms with Gasteiger partial charge >= 0.3 is 0 Å². The quantitative estimate of drug-likeness (QED) is 0.661. The van der Waals surface area contributed by atoms with Crippen LogP contribution in [0.25, 0.3) is 0 Å². The molecule has 0 aromatic heterocycles. The SMILES string of the molecule is N#Cc1cc(F)cc(Nc2cc(F)c(F)cc2F)c1. The molecule has 0 fully saturated rings. The number of anilines is 2. The number of nitrogens with one attached hydrogen (secondary N) is 1. The number of rotatable bonds is 2. The number of nitriles is 1. The Morgan fingerprint density at radius 3 is 2.21 bits per heavy atom. The lowest BCUT2D eigenvalue weighted by molar-refractivity contribution is 0.496. The van der Waals surface area contributed by atoms with Gasteiger partial charge in [0.15, 0.2) is 11.6 Å². The zero-order valence-corrected chi connectivity index (χ0v) is 9.35. The summed E-state index contributed by atoms with van der Waals surface area (Å²) in [5, 5.41) is 11.0. The van der Waals surface area contributed by atoms with Crippen molar-refractivity contribution in [3.05, 3.63) is 59.2 Å². The molecule has 6 heteroatoms. The molecular formula is C13H6F4N2. The third kappa shape index (κ3) is 2.83. The van der Waals surface area contributed by atoms with Crippen LogP contribution in [0.2, 0.25) is 0 Å². The summed E-state index contributed by atoms with van der Waals surface area (Å²) < 4.78 is 52.2. The summed E-state index contributed by atoms with van der Waals surface area (Å²) >= 11 is 0. The Bertz CT molecular complexity index is 677. The molecule has 0 atom stereocenters. The molecular weight excluding hydrogens is 260 g/mol. The Morgan fingerprint density at radius 2 is 1.53 bits per heavy atom. The predicted octanol–water partition coefficient (Wildman–Crippen LogP) is 3.86. The fourth-order valence-electron chi connectivity index (χ4n) is 1.50. The van der Waals surface area contributed by atoms with E-state index in [9.17, 15) is 17.6 Å². The fourth-order valence-corrected chi connectivity index (χ4v) is 1.50. The lowest BCUT2D eigenvalue weighted by Gasteiger charge is -2.08. The predicted molar refractivity (Wildman–Crippen MR) is 60.7 cm³/mol. The van der Waals surface area contributed by atoms with Gasteiger partial charge in [0.25, 0.3) is 0 Å². The van der Waals surface area contributed by atoms with Gasteiger partial charge < -0.3 is 5.32 Å². The molecule has 19 heavy (non-hydrogen) atoms. The van der Waals surface area contributed by atoms with E-state index >= 15 is 0 Å². The lowest BCUT2D eigenvalue weighted by Crippen LogP contribution is -1.98. The van der Waals surface area contributed by atoms with Crippen LogP contribution in [0.1, 0.15) is 5.56 Å². The van der Waals surface area contributed by atoms with Crippen LogP contribution >= 0.6 is 0 Å². The minimum absolute atomic E-state index is 0.0190. The maximum absolute atomic E-state index is 13.4. The highest BCUT2D eigenvalue weighted by Crippen LogP contribution is 2.24. The highest BCUT2D eigenvalue weighted by molar-refractivity contribution is 5.62. The number of hydrogen-bond donors (Lipinski definition) is 1. The highest BCUT2D eigenvalue weighted by atomic mass is 19.2. The Kier molecular flexibility index (Phi) is 3.38. The largest absolute Gasteiger partial charge is 0.353 e. The summed E-state index contributed by atoms with van der Waals surface area (Å²) in [5.41, 5.74) is -0.277. The normalized spacial score (nSPS) is 10.1. The molecule has 96 valence electrons. The third-order valence-corrected chi connectivity index (χ3v) is 2.32. The summed E-state index contributed by atoms with van der Waals surface area (Å²) in [7, 11) is 0. The molecule has 0 aliphatic rings. The second-order valence-electron chi connectivity index (χ2n) is 3.71. The van der Waals surface area contributed by atoms with Crippen LogP contribution in [0.3, 0.4) is 0 Å². The number of benzene rings is 2. The molecule has 0 saturated carbocycles. The molecule has 0 saturated heterocycles. The standard InChI is InChI=1S/C13H6F4N2/c14-8-1-7(6-18)2-9(3-8)19-13-5-11(16)10(15)4-12(13)17/h1-5,19H. The first-order valence-electron chi connectivity index (χ1n) is 5.12. The summed E-state index contributed by atoms with van der Waals surface area (Å²) in [6, 6.07) is 5.96. The van der Waals surface area contributed by atoms with Gasteiger partial charge in [-0.25, -0.2) is 17.6 Å². The summed E-state index contributed by atoms with van der Waals surface area (Å²) in [5.74, 6) is -4.29. The Morgan fingerprint density at radius 1 is 0.842 bits per heavy atom. The van der Waals surface area contributed by atoms with Crippen LogP contribution in [0, 0.1) is 34.6 Å². The maximum Gasteiger partial charge on any atom is 0.161 e. The maximum atomic E-state index is 13.4. The van der Waals surface area contributed by atoms with Crippen molar-refractivity contribution in [3.63, 3.8) is 0 Å². The van der Waals surface area contributed by atoms with Crippen molar-refractivity contribution >= 4 is 11.4 Å². The van der Waals surface area contributed by atoms with Gasteiger partial charge in [-0.3, -0.25) is 0 Å². The molecule has 2 rings (SSSR count). The molecule has 1 N–H and O–H groups in total. The molecule has 0 bridgehead atoms. The number of hydrogen-bond acceptors (Lipinski definition) is 2. The first-order chi connectivity index (χ1) is 8.99. The van der Waals surface area contributed by atoms with Crippen molar-refractivity contribution in [1.82, 2.24) is 0 Å².